The Kier molecular flexibility index (Phi) is 7.16. The Morgan fingerprint density at radius 3 is 2.31 bits per heavy atom. The Morgan fingerprint density at radius 1 is 1.03 bits per heavy atom. The molecule has 4 rings (SSSR count). The Balaban J connectivity index is 0.000000207. The maximum atomic E-state index is 11.4. The van der Waals surface area contributed by atoms with Gasteiger partial charge in [-0.05, 0) is 38.1 Å². The van der Waals surface area contributed by atoms with E-state index in [1.807, 2.05) is 52.0 Å². The van der Waals surface area contributed by atoms with Crippen LogP contribution in [0.5, 0.6) is 5.88 Å². The first kappa shape index (κ1) is 23.7. The van der Waals surface area contributed by atoms with E-state index in [4.69, 9.17) is 33.7 Å². The van der Waals surface area contributed by atoms with E-state index < -0.39 is 5.60 Å². The summed E-state index contributed by atoms with van der Waals surface area (Å²) >= 11 is 11.8. The second kappa shape index (κ2) is 9.67. The highest BCUT2D eigenvalue weighted by atomic mass is 35.5. The molecule has 0 bridgehead atoms. The number of hydrogen-bond donors (Lipinski definition) is 1. The summed E-state index contributed by atoms with van der Waals surface area (Å²) in [6.07, 6.45) is 1.37. The number of rotatable bonds is 3. The van der Waals surface area contributed by atoms with Crippen LogP contribution in [0.15, 0.2) is 59.9 Å². The van der Waals surface area contributed by atoms with Gasteiger partial charge in [-0.3, -0.25) is 4.79 Å². The number of nitrogens with zero attached hydrogens (tertiary/aromatic N) is 3. The second-order valence-electron chi connectivity index (χ2n) is 8.03. The number of anilines is 1. The van der Waals surface area contributed by atoms with E-state index in [1.165, 1.54) is 6.33 Å². The van der Waals surface area contributed by atoms with Crippen LogP contribution in [-0.4, -0.2) is 27.1 Å². The number of halogens is 2. The predicted octanol–water partition coefficient (Wildman–Crippen LogP) is 6.18. The van der Waals surface area contributed by atoms with Crippen LogP contribution < -0.4 is 10.5 Å². The lowest BCUT2D eigenvalue weighted by atomic mass is 9.94. The number of carbonyl (C=O) groups excluding carboxylic acids is 1. The van der Waals surface area contributed by atoms with Crippen LogP contribution in [0, 0.1) is 5.92 Å². The summed E-state index contributed by atoms with van der Waals surface area (Å²) in [6.45, 7) is 7.61. The number of ether oxygens (including phenoxy) is 1. The molecule has 6 nitrogen and oxygen atoms in total. The zero-order chi connectivity index (χ0) is 23.5. The summed E-state index contributed by atoms with van der Waals surface area (Å²) in [5.41, 5.74) is 7.99. The Morgan fingerprint density at radius 2 is 1.69 bits per heavy atom. The summed E-state index contributed by atoms with van der Waals surface area (Å²) < 4.78 is 5.90. The van der Waals surface area contributed by atoms with Crippen molar-refractivity contribution in [3.8, 4) is 5.88 Å². The van der Waals surface area contributed by atoms with Crippen molar-refractivity contribution in [2.75, 3.05) is 5.73 Å². The van der Waals surface area contributed by atoms with Crippen LogP contribution >= 0.6 is 23.2 Å². The molecule has 32 heavy (non-hydrogen) atoms. The minimum atomic E-state index is -0.627. The molecule has 1 aromatic heterocycles. The zero-order valence-electron chi connectivity index (χ0n) is 18.3. The van der Waals surface area contributed by atoms with Gasteiger partial charge in [-0.25, -0.2) is 9.98 Å². The van der Waals surface area contributed by atoms with Gasteiger partial charge >= 0.3 is 0 Å². The number of hydrogen-bond acceptors (Lipinski definition) is 6. The molecule has 0 saturated carbocycles. The minimum Gasteiger partial charge on any atom is -0.463 e. The molecule has 0 aliphatic carbocycles. The molecule has 0 saturated heterocycles. The number of aromatic nitrogens is 2. The molecule has 2 aromatic carbocycles. The van der Waals surface area contributed by atoms with Crippen LogP contribution in [0.2, 0.25) is 10.0 Å². The van der Waals surface area contributed by atoms with Crippen molar-refractivity contribution in [2.24, 2.45) is 10.9 Å². The first-order valence-electron chi connectivity index (χ1n) is 10.0. The van der Waals surface area contributed by atoms with Gasteiger partial charge in [0.2, 0.25) is 5.88 Å². The number of fused-ring (bicyclic) bond motifs is 1. The molecule has 0 amide bonds. The van der Waals surface area contributed by atoms with Crippen molar-refractivity contribution in [1.29, 1.82) is 0 Å². The highest BCUT2D eigenvalue weighted by molar-refractivity contribution is 6.31. The summed E-state index contributed by atoms with van der Waals surface area (Å²) in [5, 5.41) is 1.26. The van der Waals surface area contributed by atoms with Gasteiger partial charge in [0, 0.05) is 27.1 Å². The number of Topliss-reactive ketones (excluding diaryl/α,β-unsaturated/α-hetero) is 1. The van der Waals surface area contributed by atoms with Gasteiger partial charge in [0.25, 0.3) is 0 Å². The molecule has 2 N–H and O–H groups in total. The minimum absolute atomic E-state index is 0.0310. The van der Waals surface area contributed by atoms with Crippen molar-refractivity contribution in [2.45, 2.75) is 33.3 Å². The van der Waals surface area contributed by atoms with Gasteiger partial charge < -0.3 is 10.5 Å². The van der Waals surface area contributed by atoms with Crippen LogP contribution in [0.4, 0.5) is 11.5 Å². The molecule has 1 aliphatic rings. The van der Waals surface area contributed by atoms with Crippen molar-refractivity contribution < 1.29 is 9.53 Å². The predicted molar refractivity (Wildman–Crippen MR) is 129 cm³/mol. The van der Waals surface area contributed by atoms with Crippen molar-refractivity contribution in [1.82, 2.24) is 9.97 Å². The van der Waals surface area contributed by atoms with Gasteiger partial charge in [0.05, 0.1) is 5.71 Å². The molecule has 0 atom stereocenters. The second-order valence-corrected chi connectivity index (χ2v) is 8.90. The van der Waals surface area contributed by atoms with Gasteiger partial charge in [-0.2, -0.15) is 4.98 Å². The lowest BCUT2D eigenvalue weighted by Crippen LogP contribution is -2.41. The first-order chi connectivity index (χ1) is 15.1. The molecule has 0 unspecified atom stereocenters. The molecular weight excluding hydrogens is 447 g/mol. The van der Waals surface area contributed by atoms with Gasteiger partial charge in [0.1, 0.15) is 11.9 Å². The molecule has 8 heteroatoms. The van der Waals surface area contributed by atoms with E-state index in [2.05, 4.69) is 15.0 Å². The van der Waals surface area contributed by atoms with E-state index in [9.17, 15) is 4.79 Å². The standard InChI is InChI=1S/C14H13ClN4O.C10H11ClO/c1-14(2)11(8-4-3-5-9(15)6-8)19-10-12(16)17-7-18-13(10)20-14;1-7(2)10(12)8-4-3-5-9(11)6-8/h3-7H,1-2H3,(H2,16,17,18);3-7H,1-2H3. The summed E-state index contributed by atoms with van der Waals surface area (Å²) in [4.78, 5) is 24.0. The number of benzene rings is 2. The third-order valence-corrected chi connectivity index (χ3v) is 5.16. The van der Waals surface area contributed by atoms with Gasteiger partial charge in [-0.15, -0.1) is 0 Å². The van der Waals surface area contributed by atoms with Gasteiger partial charge in [0.15, 0.2) is 17.3 Å². The summed E-state index contributed by atoms with van der Waals surface area (Å²) in [5.74, 6) is 0.860. The first-order valence-corrected chi connectivity index (χ1v) is 10.8. The number of carbonyl (C=O) groups is 1. The van der Waals surface area contributed by atoms with E-state index in [0.717, 1.165) is 11.3 Å². The molecule has 0 fully saturated rings. The topological polar surface area (TPSA) is 90.5 Å². The normalized spacial score (nSPS) is 13.9. The quantitative estimate of drug-likeness (QED) is 0.461. The molecule has 166 valence electrons. The molecule has 2 heterocycles. The van der Waals surface area contributed by atoms with Crippen LogP contribution in [0.3, 0.4) is 0 Å². The number of nitrogens with two attached hydrogens (primary N) is 1. The fraction of sp³-hybridized carbons (Fsp3) is 0.250. The SMILES string of the molecule is CC(C)C(=O)c1cccc(Cl)c1.CC1(C)Oc2ncnc(N)c2N=C1c1cccc(Cl)c1. The fourth-order valence-corrected chi connectivity index (χ4v) is 3.50. The third kappa shape index (κ3) is 5.44. The van der Waals surface area contributed by atoms with Crippen LogP contribution in [-0.2, 0) is 0 Å². The number of aliphatic imine (C=N–C) groups is 1. The highest BCUT2D eigenvalue weighted by Crippen LogP contribution is 2.38. The molecular formula is C24H24Cl2N4O2. The smallest absolute Gasteiger partial charge is 0.246 e. The van der Waals surface area contributed by atoms with Crippen LogP contribution in [0.25, 0.3) is 0 Å². The monoisotopic (exact) mass is 470 g/mol. The number of ketones is 1. The van der Waals surface area contributed by atoms with E-state index >= 15 is 0 Å². The van der Waals surface area contributed by atoms with E-state index in [-0.39, 0.29) is 11.7 Å². The van der Waals surface area contributed by atoms with E-state index in [0.29, 0.717) is 33.0 Å². The number of nitrogen functional groups attached to an aromatic ring is 1. The molecule has 3 aromatic rings. The zero-order valence-corrected chi connectivity index (χ0v) is 19.8. The third-order valence-electron chi connectivity index (χ3n) is 4.69. The summed E-state index contributed by atoms with van der Waals surface area (Å²) in [7, 11) is 0. The largest absolute Gasteiger partial charge is 0.463 e. The van der Waals surface area contributed by atoms with Gasteiger partial charge in [-0.1, -0.05) is 61.3 Å². The Hall–Kier alpha value is -2.96. The van der Waals surface area contributed by atoms with Crippen LogP contribution in [0.1, 0.15) is 43.6 Å². The maximum absolute atomic E-state index is 11.4. The van der Waals surface area contributed by atoms with Crippen molar-refractivity contribution in [3.05, 3.63) is 76.0 Å². The van der Waals surface area contributed by atoms with Crippen molar-refractivity contribution >= 4 is 46.2 Å². The summed E-state index contributed by atoms with van der Waals surface area (Å²) in [6, 6.07) is 14.5. The fourth-order valence-electron chi connectivity index (χ4n) is 3.11. The lowest BCUT2D eigenvalue weighted by molar-refractivity contribution is 0.0939. The Bertz CT molecular complexity index is 1180. The Labute approximate surface area is 197 Å². The van der Waals surface area contributed by atoms with E-state index in [1.54, 1.807) is 24.3 Å². The maximum Gasteiger partial charge on any atom is 0.246 e. The highest BCUT2D eigenvalue weighted by Gasteiger charge is 2.35. The average Bonchev–Trinajstić information content (AvgIpc) is 2.72. The molecule has 0 radical (unpaired) electrons. The molecule has 0 spiro atoms. The van der Waals surface area contributed by atoms with Crippen molar-refractivity contribution in [3.63, 3.8) is 0 Å². The molecule has 1 aliphatic heterocycles. The lowest BCUT2D eigenvalue weighted by Gasteiger charge is -2.32. The average molecular weight is 471 g/mol.